The Kier molecular flexibility index (Phi) is 5.88. The standard InChI is InChI=1S/C26H18ClN3O3S/c27-22-13-12-21(34-22)26(33)29-24-19-6-2-1-5-17(19)15-20(24)28-25(32)16-8-10-18(11-9-16)30-14-4-3-7-23(30)31/h1-14H,15H2,(H,28,32)(H,29,33). The van der Waals surface area contributed by atoms with Gasteiger partial charge < -0.3 is 10.6 Å². The predicted octanol–water partition coefficient (Wildman–Crippen LogP) is 4.64. The van der Waals surface area contributed by atoms with Crippen LogP contribution in [0.5, 0.6) is 0 Å². The van der Waals surface area contributed by atoms with Gasteiger partial charge in [-0.3, -0.25) is 19.0 Å². The summed E-state index contributed by atoms with van der Waals surface area (Å²) in [5.41, 5.74) is 4.02. The molecule has 0 spiro atoms. The van der Waals surface area contributed by atoms with Gasteiger partial charge in [0.2, 0.25) is 0 Å². The lowest BCUT2D eigenvalue weighted by molar-refractivity contribution is 0.0956. The Morgan fingerprint density at radius 1 is 0.853 bits per heavy atom. The first-order valence-electron chi connectivity index (χ1n) is 10.5. The molecule has 0 radical (unpaired) electrons. The minimum atomic E-state index is -0.305. The van der Waals surface area contributed by atoms with Crippen LogP contribution in [0, 0.1) is 0 Å². The molecule has 2 aromatic carbocycles. The molecule has 1 aliphatic rings. The van der Waals surface area contributed by atoms with Crippen LogP contribution in [-0.2, 0) is 6.42 Å². The number of carbonyl (C=O) groups is 2. The number of halogens is 1. The van der Waals surface area contributed by atoms with Crippen LogP contribution in [-0.4, -0.2) is 16.4 Å². The monoisotopic (exact) mass is 487 g/mol. The summed E-state index contributed by atoms with van der Waals surface area (Å²) in [5.74, 6) is -0.589. The Morgan fingerprint density at radius 3 is 2.35 bits per heavy atom. The number of fused-ring (bicyclic) bond motifs is 1. The number of hydrogen-bond acceptors (Lipinski definition) is 4. The van der Waals surface area contributed by atoms with Crippen molar-refractivity contribution in [3.63, 3.8) is 0 Å². The fourth-order valence-corrected chi connectivity index (χ4v) is 4.78. The molecular weight excluding hydrogens is 470 g/mol. The van der Waals surface area contributed by atoms with E-state index in [-0.39, 0.29) is 17.4 Å². The highest BCUT2D eigenvalue weighted by Crippen LogP contribution is 2.31. The van der Waals surface area contributed by atoms with Crippen molar-refractivity contribution in [2.75, 3.05) is 0 Å². The van der Waals surface area contributed by atoms with Crippen molar-refractivity contribution >= 4 is 40.4 Å². The first-order chi connectivity index (χ1) is 16.5. The number of aromatic nitrogens is 1. The summed E-state index contributed by atoms with van der Waals surface area (Å²) in [6.07, 6.45) is 2.16. The second-order valence-electron chi connectivity index (χ2n) is 7.66. The van der Waals surface area contributed by atoms with Crippen molar-refractivity contribution in [1.29, 1.82) is 0 Å². The Bertz CT molecular complexity index is 1500. The number of benzene rings is 2. The molecule has 1 aliphatic carbocycles. The third kappa shape index (κ3) is 4.31. The highest BCUT2D eigenvalue weighted by atomic mass is 35.5. The van der Waals surface area contributed by atoms with Gasteiger partial charge in [-0.05, 0) is 48.0 Å². The fourth-order valence-electron chi connectivity index (χ4n) is 3.84. The minimum Gasteiger partial charge on any atom is -0.323 e. The maximum atomic E-state index is 13.0. The Balaban J connectivity index is 1.40. The lowest BCUT2D eigenvalue weighted by atomic mass is 10.1. The molecule has 0 atom stereocenters. The van der Waals surface area contributed by atoms with Crippen LogP contribution >= 0.6 is 22.9 Å². The summed E-state index contributed by atoms with van der Waals surface area (Å²) < 4.78 is 2.03. The topological polar surface area (TPSA) is 80.2 Å². The largest absolute Gasteiger partial charge is 0.323 e. The van der Waals surface area contributed by atoms with Crippen molar-refractivity contribution in [1.82, 2.24) is 15.2 Å². The second-order valence-corrected chi connectivity index (χ2v) is 9.37. The molecule has 6 nitrogen and oxygen atoms in total. The van der Waals surface area contributed by atoms with Crippen molar-refractivity contribution in [2.24, 2.45) is 0 Å². The first-order valence-corrected chi connectivity index (χ1v) is 11.7. The van der Waals surface area contributed by atoms with Gasteiger partial charge in [0.15, 0.2) is 0 Å². The minimum absolute atomic E-state index is 0.152. The van der Waals surface area contributed by atoms with Gasteiger partial charge >= 0.3 is 0 Å². The number of pyridine rings is 1. The van der Waals surface area contributed by atoms with Gasteiger partial charge in [-0.25, -0.2) is 0 Å². The molecule has 0 saturated heterocycles. The van der Waals surface area contributed by atoms with Crippen LogP contribution in [0.3, 0.4) is 0 Å². The molecule has 8 heteroatoms. The summed E-state index contributed by atoms with van der Waals surface area (Å²) in [4.78, 5) is 38.3. The normalized spacial score (nSPS) is 12.4. The predicted molar refractivity (Wildman–Crippen MR) is 133 cm³/mol. The summed E-state index contributed by atoms with van der Waals surface area (Å²) in [5, 5.41) is 5.91. The molecule has 168 valence electrons. The zero-order valence-corrected chi connectivity index (χ0v) is 19.3. The summed E-state index contributed by atoms with van der Waals surface area (Å²) in [6, 6.07) is 22.7. The number of nitrogens with zero attached hydrogens (tertiary/aromatic N) is 1. The van der Waals surface area contributed by atoms with E-state index in [1.54, 1.807) is 54.7 Å². The molecule has 0 aliphatic heterocycles. The smallest absolute Gasteiger partial charge is 0.265 e. The summed E-state index contributed by atoms with van der Waals surface area (Å²) in [7, 11) is 0. The number of nitrogens with one attached hydrogen (secondary N) is 2. The van der Waals surface area contributed by atoms with Crippen molar-refractivity contribution < 1.29 is 9.59 Å². The average molecular weight is 488 g/mol. The van der Waals surface area contributed by atoms with Gasteiger partial charge in [0, 0.05) is 41.2 Å². The fraction of sp³-hybridized carbons (Fsp3) is 0.0385. The molecule has 0 saturated carbocycles. The van der Waals surface area contributed by atoms with Crippen LogP contribution in [0.1, 0.15) is 31.2 Å². The third-order valence-electron chi connectivity index (χ3n) is 5.49. The number of allylic oxidation sites excluding steroid dienone is 1. The van der Waals surface area contributed by atoms with E-state index in [9.17, 15) is 14.4 Å². The van der Waals surface area contributed by atoms with E-state index in [2.05, 4.69) is 10.6 Å². The molecule has 0 fully saturated rings. The summed E-state index contributed by atoms with van der Waals surface area (Å²) in [6.45, 7) is 0. The molecule has 2 N–H and O–H groups in total. The van der Waals surface area contributed by atoms with E-state index >= 15 is 0 Å². The molecule has 2 amide bonds. The van der Waals surface area contributed by atoms with Crippen molar-refractivity contribution in [3.05, 3.63) is 127 Å². The van der Waals surface area contributed by atoms with Crippen molar-refractivity contribution in [3.8, 4) is 5.69 Å². The lowest BCUT2D eigenvalue weighted by Crippen LogP contribution is -2.28. The molecule has 2 heterocycles. The van der Waals surface area contributed by atoms with E-state index in [1.165, 1.54) is 22.0 Å². The molecule has 2 aromatic heterocycles. The number of hydrogen-bond donors (Lipinski definition) is 2. The highest BCUT2D eigenvalue weighted by Gasteiger charge is 2.25. The highest BCUT2D eigenvalue weighted by molar-refractivity contribution is 7.18. The SMILES string of the molecule is O=C(NC1=C(NC(=O)c2ccc(Cl)s2)c2ccccc2C1)c1ccc(-n2ccccc2=O)cc1. The van der Waals surface area contributed by atoms with Gasteiger partial charge in [0.25, 0.3) is 17.4 Å². The third-order valence-corrected chi connectivity index (χ3v) is 6.72. The van der Waals surface area contributed by atoms with Gasteiger partial charge in [-0.2, -0.15) is 0 Å². The average Bonchev–Trinajstić information content (AvgIpc) is 3.43. The lowest BCUT2D eigenvalue weighted by Gasteiger charge is -2.12. The van der Waals surface area contributed by atoms with Crippen molar-refractivity contribution in [2.45, 2.75) is 6.42 Å². The van der Waals surface area contributed by atoms with Gasteiger partial charge in [0.05, 0.1) is 14.9 Å². The zero-order chi connectivity index (χ0) is 23.7. The molecule has 34 heavy (non-hydrogen) atoms. The maximum absolute atomic E-state index is 13.0. The van der Waals surface area contributed by atoms with Gasteiger partial charge in [0.1, 0.15) is 0 Å². The Morgan fingerprint density at radius 2 is 1.62 bits per heavy atom. The first kappa shape index (κ1) is 21.9. The van der Waals surface area contributed by atoms with E-state index in [1.807, 2.05) is 24.3 Å². The maximum Gasteiger partial charge on any atom is 0.265 e. The molecular formula is C26H18ClN3O3S. The number of rotatable bonds is 5. The van der Waals surface area contributed by atoms with E-state index < -0.39 is 0 Å². The quantitative estimate of drug-likeness (QED) is 0.430. The number of carbonyl (C=O) groups excluding carboxylic acids is 2. The van der Waals surface area contributed by atoms with Crippen LogP contribution in [0.2, 0.25) is 4.34 Å². The van der Waals surface area contributed by atoms with E-state index in [0.29, 0.717) is 38.3 Å². The molecule has 4 aromatic rings. The molecule has 0 bridgehead atoms. The Labute approximate surface area is 204 Å². The van der Waals surface area contributed by atoms with E-state index in [0.717, 1.165) is 11.1 Å². The number of thiophene rings is 1. The molecule has 5 rings (SSSR count). The summed E-state index contributed by atoms with van der Waals surface area (Å²) >= 11 is 7.17. The van der Waals surface area contributed by atoms with Crippen LogP contribution in [0.15, 0.2) is 95.6 Å². The van der Waals surface area contributed by atoms with E-state index in [4.69, 9.17) is 11.6 Å². The van der Waals surface area contributed by atoms with Gasteiger partial charge in [-0.1, -0.05) is 41.9 Å². The van der Waals surface area contributed by atoms with Gasteiger partial charge in [-0.15, -0.1) is 11.3 Å². The second kappa shape index (κ2) is 9.13. The Hall–Kier alpha value is -3.94. The van der Waals surface area contributed by atoms with Crippen LogP contribution in [0.4, 0.5) is 0 Å². The number of amides is 2. The molecule has 0 unspecified atom stereocenters. The van der Waals surface area contributed by atoms with Crippen LogP contribution in [0.25, 0.3) is 11.4 Å². The van der Waals surface area contributed by atoms with Crippen LogP contribution < -0.4 is 16.2 Å². The zero-order valence-electron chi connectivity index (χ0n) is 17.7.